The number of carbonyl (C=O) groups is 2. The van der Waals surface area contributed by atoms with Crippen LogP contribution in [0.4, 0.5) is 0 Å². The number of carbonyl (C=O) groups excluding carboxylic acids is 1. The molecule has 0 spiro atoms. The number of amides is 1. The van der Waals surface area contributed by atoms with Gasteiger partial charge in [0.25, 0.3) is 5.91 Å². The fourth-order valence-electron chi connectivity index (χ4n) is 3.73. The second-order valence-electron chi connectivity index (χ2n) is 6.85. The molecule has 1 N–H and O–H groups in total. The standard InChI is InChI=1S/C19H25NO4/c21-18(20-10-2-3-14(12-20)6-9-19(22)23)13-24-17-8-7-15-4-1-5-16(15)11-17/h7-8,11,14H,1-6,9-10,12-13H2,(H,22,23). The zero-order chi connectivity index (χ0) is 16.9. The summed E-state index contributed by atoms with van der Waals surface area (Å²) in [6.07, 6.45) is 6.20. The molecule has 0 aromatic heterocycles. The highest BCUT2D eigenvalue weighted by Crippen LogP contribution is 2.26. The lowest BCUT2D eigenvalue weighted by Gasteiger charge is -2.32. The van der Waals surface area contributed by atoms with Crippen LogP contribution in [0.3, 0.4) is 0 Å². The number of likely N-dealkylation sites (tertiary alicyclic amines) is 1. The maximum Gasteiger partial charge on any atom is 0.303 e. The van der Waals surface area contributed by atoms with Gasteiger partial charge in [0.15, 0.2) is 6.61 Å². The molecule has 0 radical (unpaired) electrons. The van der Waals surface area contributed by atoms with Crippen LogP contribution in [0.25, 0.3) is 0 Å². The highest BCUT2D eigenvalue weighted by Gasteiger charge is 2.24. The number of fused-ring (bicyclic) bond motifs is 1. The Kier molecular flexibility index (Phi) is 5.38. The molecule has 5 nitrogen and oxygen atoms in total. The SMILES string of the molecule is O=C(O)CCC1CCCN(C(=O)COc2ccc3c(c2)CCC3)C1. The minimum Gasteiger partial charge on any atom is -0.484 e. The number of carboxylic acids is 1. The van der Waals surface area contributed by atoms with Gasteiger partial charge in [-0.05, 0) is 67.7 Å². The van der Waals surface area contributed by atoms with E-state index in [4.69, 9.17) is 9.84 Å². The number of benzene rings is 1. The molecule has 0 bridgehead atoms. The van der Waals surface area contributed by atoms with Crippen molar-refractivity contribution in [1.29, 1.82) is 0 Å². The van der Waals surface area contributed by atoms with E-state index in [1.807, 2.05) is 11.0 Å². The smallest absolute Gasteiger partial charge is 0.303 e. The van der Waals surface area contributed by atoms with Gasteiger partial charge in [0.2, 0.25) is 0 Å². The average Bonchev–Trinajstić information content (AvgIpc) is 3.06. The van der Waals surface area contributed by atoms with Crippen LogP contribution in [-0.4, -0.2) is 41.6 Å². The number of hydrogen-bond donors (Lipinski definition) is 1. The number of aliphatic carboxylic acids is 1. The van der Waals surface area contributed by atoms with Gasteiger partial charge in [-0.15, -0.1) is 0 Å². The molecule has 1 atom stereocenters. The Morgan fingerprint density at radius 3 is 2.88 bits per heavy atom. The van der Waals surface area contributed by atoms with Gasteiger partial charge in [-0.25, -0.2) is 0 Å². The van der Waals surface area contributed by atoms with Crippen molar-refractivity contribution in [3.63, 3.8) is 0 Å². The maximum atomic E-state index is 12.4. The number of ether oxygens (including phenoxy) is 1. The summed E-state index contributed by atoms with van der Waals surface area (Å²) in [7, 11) is 0. The van der Waals surface area contributed by atoms with Crippen molar-refractivity contribution < 1.29 is 19.4 Å². The summed E-state index contributed by atoms with van der Waals surface area (Å²) in [5, 5.41) is 8.80. The zero-order valence-corrected chi connectivity index (χ0v) is 14.0. The number of carboxylic acid groups (broad SMARTS) is 1. The predicted molar refractivity (Wildman–Crippen MR) is 90.1 cm³/mol. The lowest BCUT2D eigenvalue weighted by atomic mass is 9.93. The van der Waals surface area contributed by atoms with Crippen molar-refractivity contribution in [3.05, 3.63) is 29.3 Å². The average molecular weight is 331 g/mol. The van der Waals surface area contributed by atoms with E-state index in [1.165, 1.54) is 17.5 Å². The van der Waals surface area contributed by atoms with Crippen molar-refractivity contribution in [2.75, 3.05) is 19.7 Å². The summed E-state index contributed by atoms with van der Waals surface area (Å²) < 4.78 is 5.69. The number of nitrogens with zero attached hydrogens (tertiary/aromatic N) is 1. The Balaban J connectivity index is 1.48. The molecule has 5 heteroatoms. The molecule has 0 saturated carbocycles. The molecular weight excluding hydrogens is 306 g/mol. The first-order valence-electron chi connectivity index (χ1n) is 8.86. The molecule has 1 aliphatic carbocycles. The molecule has 1 saturated heterocycles. The molecule has 3 rings (SSSR count). The van der Waals surface area contributed by atoms with E-state index >= 15 is 0 Å². The van der Waals surface area contributed by atoms with Crippen molar-refractivity contribution in [2.24, 2.45) is 5.92 Å². The third-order valence-electron chi connectivity index (χ3n) is 5.07. The van der Waals surface area contributed by atoms with Crippen molar-refractivity contribution >= 4 is 11.9 Å². The van der Waals surface area contributed by atoms with Gasteiger partial charge >= 0.3 is 5.97 Å². The number of aryl methyl sites for hydroxylation is 2. The van der Waals surface area contributed by atoms with Crippen LogP contribution in [0.15, 0.2) is 18.2 Å². The molecule has 2 aliphatic rings. The Hall–Kier alpha value is -2.04. The summed E-state index contributed by atoms with van der Waals surface area (Å²) in [6, 6.07) is 6.11. The highest BCUT2D eigenvalue weighted by atomic mass is 16.5. The molecule has 130 valence electrons. The van der Waals surface area contributed by atoms with E-state index in [0.29, 0.717) is 18.9 Å². The Morgan fingerprint density at radius 1 is 1.21 bits per heavy atom. The maximum absolute atomic E-state index is 12.4. The number of hydrogen-bond acceptors (Lipinski definition) is 3. The van der Waals surface area contributed by atoms with Crippen LogP contribution in [0.2, 0.25) is 0 Å². The van der Waals surface area contributed by atoms with E-state index in [9.17, 15) is 9.59 Å². The Morgan fingerprint density at radius 2 is 2.04 bits per heavy atom. The van der Waals surface area contributed by atoms with Gasteiger partial charge in [-0.1, -0.05) is 6.07 Å². The fraction of sp³-hybridized carbons (Fsp3) is 0.579. The number of piperidine rings is 1. The van der Waals surface area contributed by atoms with Crippen LogP contribution < -0.4 is 4.74 Å². The van der Waals surface area contributed by atoms with Crippen LogP contribution in [-0.2, 0) is 22.4 Å². The first kappa shape index (κ1) is 16.8. The van der Waals surface area contributed by atoms with E-state index in [-0.39, 0.29) is 18.9 Å². The van der Waals surface area contributed by atoms with Gasteiger partial charge in [-0.3, -0.25) is 9.59 Å². The van der Waals surface area contributed by atoms with Crippen molar-refractivity contribution in [2.45, 2.75) is 44.9 Å². The zero-order valence-electron chi connectivity index (χ0n) is 14.0. The Bertz CT molecular complexity index is 613. The quantitative estimate of drug-likeness (QED) is 0.870. The molecule has 1 amide bonds. The summed E-state index contributed by atoms with van der Waals surface area (Å²) in [5.41, 5.74) is 2.73. The normalized spacial score (nSPS) is 19.8. The van der Waals surface area contributed by atoms with Crippen LogP contribution >= 0.6 is 0 Å². The minimum absolute atomic E-state index is 0.00414. The van der Waals surface area contributed by atoms with Crippen LogP contribution in [0, 0.1) is 5.92 Å². The van der Waals surface area contributed by atoms with Gasteiger partial charge in [0, 0.05) is 19.5 Å². The van der Waals surface area contributed by atoms with E-state index in [2.05, 4.69) is 12.1 Å². The lowest BCUT2D eigenvalue weighted by Crippen LogP contribution is -2.42. The van der Waals surface area contributed by atoms with Gasteiger partial charge in [0.05, 0.1) is 0 Å². The largest absolute Gasteiger partial charge is 0.484 e. The summed E-state index contributed by atoms with van der Waals surface area (Å²) >= 11 is 0. The minimum atomic E-state index is -0.765. The monoisotopic (exact) mass is 331 g/mol. The molecule has 1 heterocycles. The van der Waals surface area contributed by atoms with Crippen molar-refractivity contribution in [3.8, 4) is 5.75 Å². The van der Waals surface area contributed by atoms with E-state index in [1.54, 1.807) is 0 Å². The lowest BCUT2D eigenvalue weighted by molar-refractivity contribution is -0.137. The van der Waals surface area contributed by atoms with Gasteiger partial charge < -0.3 is 14.7 Å². The fourth-order valence-corrected chi connectivity index (χ4v) is 3.73. The molecule has 1 aromatic carbocycles. The predicted octanol–water partition coefficient (Wildman–Crippen LogP) is 2.66. The highest BCUT2D eigenvalue weighted by molar-refractivity contribution is 5.78. The molecule has 24 heavy (non-hydrogen) atoms. The molecule has 1 aromatic rings. The topological polar surface area (TPSA) is 66.8 Å². The summed E-state index contributed by atoms with van der Waals surface area (Å²) in [6.45, 7) is 1.46. The summed E-state index contributed by atoms with van der Waals surface area (Å²) in [4.78, 5) is 24.9. The van der Waals surface area contributed by atoms with E-state index < -0.39 is 5.97 Å². The Labute approximate surface area is 142 Å². The summed E-state index contributed by atoms with van der Waals surface area (Å²) in [5.74, 6) is 0.288. The number of rotatable bonds is 6. The van der Waals surface area contributed by atoms with Gasteiger partial charge in [-0.2, -0.15) is 0 Å². The van der Waals surface area contributed by atoms with Crippen LogP contribution in [0.5, 0.6) is 5.75 Å². The second kappa shape index (κ2) is 7.69. The molecular formula is C19H25NO4. The third-order valence-corrected chi connectivity index (χ3v) is 5.07. The first-order chi connectivity index (χ1) is 11.6. The van der Waals surface area contributed by atoms with Crippen LogP contribution in [0.1, 0.15) is 43.2 Å². The van der Waals surface area contributed by atoms with E-state index in [0.717, 1.165) is 38.0 Å². The third kappa shape index (κ3) is 4.28. The molecule has 1 aliphatic heterocycles. The molecule has 1 unspecified atom stereocenters. The van der Waals surface area contributed by atoms with Crippen molar-refractivity contribution in [1.82, 2.24) is 4.90 Å². The second-order valence-corrected chi connectivity index (χ2v) is 6.85. The van der Waals surface area contributed by atoms with Gasteiger partial charge in [0.1, 0.15) is 5.75 Å². The first-order valence-corrected chi connectivity index (χ1v) is 8.86. The molecule has 1 fully saturated rings.